The molecule has 5 nitrogen and oxygen atoms in total. The van der Waals surface area contributed by atoms with E-state index in [0.29, 0.717) is 16.5 Å². The van der Waals surface area contributed by atoms with Crippen molar-refractivity contribution in [3.8, 4) is 11.3 Å². The predicted octanol–water partition coefficient (Wildman–Crippen LogP) is 1.74. The molecule has 0 radical (unpaired) electrons. The number of aromatic nitrogens is 4. The molecule has 0 bridgehead atoms. The van der Waals surface area contributed by atoms with Gasteiger partial charge >= 0.3 is 0 Å². The van der Waals surface area contributed by atoms with E-state index in [-0.39, 0.29) is 5.56 Å². The average molecular weight is 247 g/mol. The maximum atomic E-state index is 11.7. The van der Waals surface area contributed by atoms with Crippen molar-refractivity contribution < 1.29 is 0 Å². The van der Waals surface area contributed by atoms with Crippen LogP contribution in [0, 0.1) is 0 Å². The molecule has 17 heavy (non-hydrogen) atoms. The highest BCUT2D eigenvalue weighted by Crippen LogP contribution is 2.18. The second-order valence-electron chi connectivity index (χ2n) is 3.51. The summed E-state index contributed by atoms with van der Waals surface area (Å²) in [5, 5.41) is 3.33. The van der Waals surface area contributed by atoms with Crippen LogP contribution in [0.25, 0.3) is 17.0 Å². The Morgan fingerprint density at radius 2 is 2.00 bits per heavy atom. The van der Waals surface area contributed by atoms with Crippen LogP contribution in [-0.4, -0.2) is 19.6 Å². The van der Waals surface area contributed by atoms with E-state index >= 15 is 0 Å². The summed E-state index contributed by atoms with van der Waals surface area (Å²) in [5.41, 5.74) is 1.22. The van der Waals surface area contributed by atoms with Gasteiger partial charge in [-0.3, -0.25) is 9.89 Å². The third-order valence-corrected chi connectivity index (χ3v) is 2.66. The molecule has 84 valence electrons. The van der Waals surface area contributed by atoms with E-state index in [4.69, 9.17) is 11.6 Å². The van der Waals surface area contributed by atoms with Crippen molar-refractivity contribution in [2.75, 3.05) is 0 Å². The molecule has 3 rings (SSSR count). The van der Waals surface area contributed by atoms with Gasteiger partial charge in [0.1, 0.15) is 6.33 Å². The van der Waals surface area contributed by atoms with Crippen LogP contribution in [0.3, 0.4) is 0 Å². The molecule has 0 spiro atoms. The Bertz CT molecular complexity index is 729. The Morgan fingerprint density at radius 3 is 2.76 bits per heavy atom. The Hall–Kier alpha value is -2.14. The summed E-state index contributed by atoms with van der Waals surface area (Å²) in [4.78, 5) is 20.0. The second kappa shape index (κ2) is 3.71. The van der Waals surface area contributed by atoms with Gasteiger partial charge in [-0.1, -0.05) is 23.7 Å². The molecule has 3 aromatic rings. The number of aromatic amines is 1. The molecule has 1 aromatic carbocycles. The van der Waals surface area contributed by atoms with E-state index in [1.54, 1.807) is 12.1 Å². The van der Waals surface area contributed by atoms with E-state index < -0.39 is 0 Å². The Balaban J connectivity index is 2.23. The van der Waals surface area contributed by atoms with Gasteiger partial charge in [-0.25, -0.2) is 9.97 Å². The van der Waals surface area contributed by atoms with E-state index in [0.717, 1.165) is 5.56 Å². The molecule has 0 unspecified atom stereocenters. The van der Waals surface area contributed by atoms with E-state index in [2.05, 4.69) is 15.1 Å². The number of fused-ring (bicyclic) bond motifs is 1. The SMILES string of the molecule is O=c1cc(-c2ccc(Cl)cc2)nc2nc[nH]n12. The van der Waals surface area contributed by atoms with E-state index in [9.17, 15) is 4.79 Å². The lowest BCUT2D eigenvalue weighted by molar-refractivity contribution is 0.900. The molecular formula is C11H7ClN4O. The molecular weight excluding hydrogens is 240 g/mol. The minimum atomic E-state index is -0.197. The van der Waals surface area contributed by atoms with Crippen LogP contribution in [0.15, 0.2) is 41.5 Å². The van der Waals surface area contributed by atoms with E-state index in [1.807, 2.05) is 12.1 Å². The maximum absolute atomic E-state index is 11.7. The van der Waals surface area contributed by atoms with Gasteiger partial charge in [0.25, 0.3) is 11.3 Å². The monoisotopic (exact) mass is 246 g/mol. The first-order valence-electron chi connectivity index (χ1n) is 4.93. The number of H-pyrrole nitrogens is 1. The van der Waals surface area contributed by atoms with Gasteiger partial charge in [0, 0.05) is 16.7 Å². The second-order valence-corrected chi connectivity index (χ2v) is 3.95. The lowest BCUT2D eigenvalue weighted by Crippen LogP contribution is -2.14. The smallest absolute Gasteiger partial charge is 0.274 e. The zero-order valence-corrected chi connectivity index (χ0v) is 9.35. The molecule has 1 N–H and O–H groups in total. The highest BCUT2D eigenvalue weighted by molar-refractivity contribution is 6.30. The first-order chi connectivity index (χ1) is 8.24. The van der Waals surface area contributed by atoms with Crippen molar-refractivity contribution in [1.82, 2.24) is 19.6 Å². The zero-order valence-electron chi connectivity index (χ0n) is 8.59. The molecule has 0 fully saturated rings. The Kier molecular flexibility index (Phi) is 2.19. The number of benzene rings is 1. The molecule has 6 heteroatoms. The van der Waals surface area contributed by atoms with E-state index in [1.165, 1.54) is 16.9 Å². The normalized spacial score (nSPS) is 10.9. The fourth-order valence-electron chi connectivity index (χ4n) is 1.59. The first kappa shape index (κ1) is 10.0. The molecule has 0 saturated heterocycles. The van der Waals surface area contributed by atoms with Crippen LogP contribution in [0.2, 0.25) is 5.02 Å². The standard InChI is InChI=1S/C11H7ClN4O/c12-8-3-1-7(2-4-8)9-5-10(17)16-11(15-9)13-6-14-16/h1-6H,(H,13,14,15). The van der Waals surface area contributed by atoms with Gasteiger partial charge in [0.2, 0.25) is 0 Å². The van der Waals surface area contributed by atoms with Crippen molar-refractivity contribution >= 4 is 17.4 Å². The molecule has 2 heterocycles. The molecule has 0 aliphatic carbocycles. The quantitative estimate of drug-likeness (QED) is 0.711. The summed E-state index contributed by atoms with van der Waals surface area (Å²) in [5.74, 6) is 0.349. The fourth-order valence-corrected chi connectivity index (χ4v) is 1.72. The summed E-state index contributed by atoms with van der Waals surface area (Å²) in [6, 6.07) is 8.59. The van der Waals surface area contributed by atoms with Crippen molar-refractivity contribution in [2.24, 2.45) is 0 Å². The minimum absolute atomic E-state index is 0.197. The summed E-state index contributed by atoms with van der Waals surface area (Å²) in [6.07, 6.45) is 1.43. The summed E-state index contributed by atoms with van der Waals surface area (Å²) in [7, 11) is 0. The van der Waals surface area contributed by atoms with Crippen LogP contribution < -0.4 is 5.56 Å². The third-order valence-electron chi connectivity index (χ3n) is 2.41. The summed E-state index contributed by atoms with van der Waals surface area (Å²) >= 11 is 5.80. The number of hydrogen-bond acceptors (Lipinski definition) is 3. The molecule has 2 aromatic heterocycles. The number of hydrogen-bond donors (Lipinski definition) is 1. The minimum Gasteiger partial charge on any atom is -0.278 e. The number of halogens is 1. The number of nitrogens with zero attached hydrogens (tertiary/aromatic N) is 3. The Labute approximate surface area is 101 Å². The lowest BCUT2D eigenvalue weighted by atomic mass is 10.1. The average Bonchev–Trinajstić information content (AvgIpc) is 2.78. The predicted molar refractivity (Wildman–Crippen MR) is 64.1 cm³/mol. The summed E-state index contributed by atoms with van der Waals surface area (Å²) < 4.78 is 1.28. The van der Waals surface area contributed by atoms with Crippen LogP contribution >= 0.6 is 11.6 Å². The van der Waals surface area contributed by atoms with Gasteiger partial charge in [-0.05, 0) is 12.1 Å². The number of nitrogens with one attached hydrogen (secondary N) is 1. The van der Waals surface area contributed by atoms with Crippen LogP contribution in [0.1, 0.15) is 0 Å². The topological polar surface area (TPSA) is 63.0 Å². The van der Waals surface area contributed by atoms with Crippen molar-refractivity contribution in [3.63, 3.8) is 0 Å². The Morgan fingerprint density at radius 1 is 1.24 bits per heavy atom. The fraction of sp³-hybridized carbons (Fsp3) is 0. The lowest BCUT2D eigenvalue weighted by Gasteiger charge is -2.00. The van der Waals surface area contributed by atoms with Gasteiger partial charge < -0.3 is 0 Å². The largest absolute Gasteiger partial charge is 0.278 e. The third kappa shape index (κ3) is 1.70. The highest BCUT2D eigenvalue weighted by atomic mass is 35.5. The summed E-state index contributed by atoms with van der Waals surface area (Å²) in [6.45, 7) is 0. The van der Waals surface area contributed by atoms with Crippen LogP contribution in [-0.2, 0) is 0 Å². The van der Waals surface area contributed by atoms with Crippen molar-refractivity contribution in [1.29, 1.82) is 0 Å². The molecule has 0 atom stereocenters. The zero-order chi connectivity index (χ0) is 11.8. The van der Waals surface area contributed by atoms with Gasteiger partial charge in [-0.15, -0.1) is 0 Å². The first-order valence-corrected chi connectivity index (χ1v) is 5.31. The van der Waals surface area contributed by atoms with Crippen molar-refractivity contribution in [3.05, 3.63) is 52.0 Å². The highest BCUT2D eigenvalue weighted by Gasteiger charge is 2.05. The number of rotatable bonds is 1. The molecule has 0 aliphatic rings. The van der Waals surface area contributed by atoms with Gasteiger partial charge in [0.05, 0.1) is 5.69 Å². The van der Waals surface area contributed by atoms with Gasteiger partial charge in [0.15, 0.2) is 0 Å². The molecule has 0 aliphatic heterocycles. The van der Waals surface area contributed by atoms with Crippen LogP contribution in [0.4, 0.5) is 0 Å². The van der Waals surface area contributed by atoms with Gasteiger partial charge in [-0.2, -0.15) is 4.52 Å². The van der Waals surface area contributed by atoms with Crippen molar-refractivity contribution in [2.45, 2.75) is 0 Å². The maximum Gasteiger partial charge on any atom is 0.274 e. The van der Waals surface area contributed by atoms with Crippen LogP contribution in [0.5, 0.6) is 0 Å². The molecule has 0 amide bonds. The molecule has 0 saturated carbocycles.